The molecule has 1 saturated heterocycles. The van der Waals surface area contributed by atoms with Gasteiger partial charge in [-0.3, -0.25) is 4.90 Å². The summed E-state index contributed by atoms with van der Waals surface area (Å²) in [5, 5.41) is 9.95. The fraction of sp³-hybridized carbons (Fsp3) is 0.435. The zero-order chi connectivity index (χ0) is 21.9. The Morgan fingerprint density at radius 2 is 1.53 bits per heavy atom. The highest BCUT2D eigenvalue weighted by Gasteiger charge is 2.36. The Bertz CT molecular complexity index is 805. The number of aliphatic hydroxyl groups is 1. The molecule has 30 heavy (non-hydrogen) atoms. The Labute approximate surface area is 175 Å². The number of hydrogen-bond acceptors (Lipinski definition) is 4. The molecule has 0 spiro atoms. The van der Waals surface area contributed by atoms with E-state index in [-0.39, 0.29) is 24.3 Å². The van der Waals surface area contributed by atoms with E-state index in [1.54, 1.807) is 49.9 Å². The lowest BCUT2D eigenvalue weighted by Crippen LogP contribution is -2.58. The van der Waals surface area contributed by atoms with Crippen LogP contribution in [0.15, 0.2) is 48.5 Å². The van der Waals surface area contributed by atoms with E-state index in [9.17, 15) is 18.7 Å². The number of benzene rings is 2. The van der Waals surface area contributed by atoms with Crippen LogP contribution in [0, 0.1) is 11.6 Å². The number of amides is 1. The van der Waals surface area contributed by atoms with E-state index in [1.807, 2.05) is 0 Å². The van der Waals surface area contributed by atoms with Crippen LogP contribution in [0.2, 0.25) is 0 Å². The monoisotopic (exact) mass is 418 g/mol. The normalized spacial score (nSPS) is 18.0. The predicted octanol–water partition coefficient (Wildman–Crippen LogP) is 3.97. The quantitative estimate of drug-likeness (QED) is 0.817. The van der Waals surface area contributed by atoms with Gasteiger partial charge in [-0.2, -0.15) is 0 Å². The Hall–Kier alpha value is -2.51. The highest BCUT2D eigenvalue weighted by Crippen LogP contribution is 2.31. The van der Waals surface area contributed by atoms with Gasteiger partial charge < -0.3 is 14.7 Å². The van der Waals surface area contributed by atoms with Crippen LogP contribution < -0.4 is 0 Å². The highest BCUT2D eigenvalue weighted by atomic mass is 19.1. The van der Waals surface area contributed by atoms with Crippen LogP contribution in [0.3, 0.4) is 0 Å². The lowest BCUT2D eigenvalue weighted by molar-refractivity contribution is -0.0159. The number of halogens is 2. The van der Waals surface area contributed by atoms with Crippen molar-refractivity contribution in [3.63, 3.8) is 0 Å². The van der Waals surface area contributed by atoms with Crippen LogP contribution in [-0.2, 0) is 4.74 Å². The van der Waals surface area contributed by atoms with Crippen molar-refractivity contribution < 1.29 is 23.4 Å². The molecule has 1 heterocycles. The van der Waals surface area contributed by atoms with Gasteiger partial charge in [0.25, 0.3) is 0 Å². The average Bonchev–Trinajstić information content (AvgIpc) is 2.69. The number of ether oxygens (including phenoxy) is 1. The number of aliphatic hydroxyl groups excluding tert-OH is 1. The van der Waals surface area contributed by atoms with Gasteiger partial charge in [0.05, 0.1) is 18.7 Å². The molecule has 1 unspecified atom stereocenters. The van der Waals surface area contributed by atoms with Gasteiger partial charge in [-0.15, -0.1) is 0 Å². The molecule has 1 N–H and O–H groups in total. The van der Waals surface area contributed by atoms with Gasteiger partial charge >= 0.3 is 6.09 Å². The maximum atomic E-state index is 13.5. The van der Waals surface area contributed by atoms with Gasteiger partial charge in [-0.25, -0.2) is 13.6 Å². The fourth-order valence-corrected chi connectivity index (χ4v) is 3.74. The maximum Gasteiger partial charge on any atom is 0.410 e. The molecule has 3 rings (SSSR count). The van der Waals surface area contributed by atoms with E-state index >= 15 is 0 Å². The zero-order valence-electron chi connectivity index (χ0n) is 17.5. The first kappa shape index (κ1) is 22.2. The number of carbonyl (C=O) groups is 1. The summed E-state index contributed by atoms with van der Waals surface area (Å²) in [6.07, 6.45) is -0.457. The Morgan fingerprint density at radius 1 is 1.03 bits per heavy atom. The summed E-state index contributed by atoms with van der Waals surface area (Å²) >= 11 is 0. The Balaban J connectivity index is 1.87. The van der Waals surface area contributed by atoms with Crippen LogP contribution in [0.25, 0.3) is 0 Å². The highest BCUT2D eigenvalue weighted by molar-refractivity contribution is 5.68. The molecule has 1 aliphatic heterocycles. The lowest BCUT2D eigenvalue weighted by Gasteiger charge is -2.44. The standard InChI is InChI=1S/C23H28F2N2O3/c1-23(2,3)30-22(29)27-13-12-26(14-20(27)15-28)21(16-4-8-18(24)9-5-16)17-6-10-19(25)11-7-17/h4-11,20-21,28H,12-15H2,1-3H3. The molecule has 0 saturated carbocycles. The number of carbonyl (C=O) groups excluding carboxylic acids is 1. The molecule has 0 bridgehead atoms. The average molecular weight is 418 g/mol. The van der Waals surface area contributed by atoms with Crippen molar-refractivity contribution in [3.05, 3.63) is 71.3 Å². The molecule has 1 fully saturated rings. The van der Waals surface area contributed by atoms with Crippen LogP contribution in [0.5, 0.6) is 0 Å². The van der Waals surface area contributed by atoms with Crippen molar-refractivity contribution in [3.8, 4) is 0 Å². The molecule has 2 aromatic rings. The molecular formula is C23H28F2N2O3. The second-order valence-corrected chi connectivity index (χ2v) is 8.51. The van der Waals surface area contributed by atoms with E-state index in [1.165, 1.54) is 24.3 Å². The van der Waals surface area contributed by atoms with E-state index in [0.717, 1.165) is 11.1 Å². The van der Waals surface area contributed by atoms with Crippen LogP contribution in [0.1, 0.15) is 37.9 Å². The van der Waals surface area contributed by atoms with Gasteiger partial charge in [-0.1, -0.05) is 24.3 Å². The van der Waals surface area contributed by atoms with Crippen molar-refractivity contribution in [2.45, 2.75) is 38.5 Å². The Kier molecular flexibility index (Phi) is 6.73. The van der Waals surface area contributed by atoms with Gasteiger partial charge in [0.1, 0.15) is 17.2 Å². The number of piperazine rings is 1. The summed E-state index contributed by atoms with van der Waals surface area (Å²) < 4.78 is 32.4. The fourth-order valence-electron chi connectivity index (χ4n) is 3.74. The summed E-state index contributed by atoms with van der Waals surface area (Å²) in [5.41, 5.74) is 1.08. The number of hydrogen-bond donors (Lipinski definition) is 1. The molecule has 1 amide bonds. The molecule has 0 radical (unpaired) electrons. The minimum absolute atomic E-state index is 0.213. The summed E-state index contributed by atoms with van der Waals surface area (Å²) in [7, 11) is 0. The first-order valence-electron chi connectivity index (χ1n) is 10.0. The van der Waals surface area contributed by atoms with Crippen LogP contribution in [0.4, 0.5) is 13.6 Å². The largest absolute Gasteiger partial charge is 0.444 e. The first-order chi connectivity index (χ1) is 14.2. The zero-order valence-corrected chi connectivity index (χ0v) is 17.5. The smallest absolute Gasteiger partial charge is 0.410 e. The third kappa shape index (κ3) is 5.34. The molecule has 1 atom stereocenters. The second kappa shape index (κ2) is 9.10. The van der Waals surface area contributed by atoms with Crippen molar-refractivity contribution in [1.29, 1.82) is 0 Å². The van der Waals surface area contributed by atoms with E-state index in [4.69, 9.17) is 4.74 Å². The van der Waals surface area contributed by atoms with E-state index in [0.29, 0.717) is 19.6 Å². The summed E-state index contributed by atoms with van der Waals surface area (Å²) in [4.78, 5) is 16.2. The van der Waals surface area contributed by atoms with Gasteiger partial charge in [-0.05, 0) is 56.2 Å². The topological polar surface area (TPSA) is 53.0 Å². The van der Waals surface area contributed by atoms with E-state index < -0.39 is 17.7 Å². The summed E-state index contributed by atoms with van der Waals surface area (Å²) in [5.74, 6) is -0.667. The SMILES string of the molecule is CC(C)(C)OC(=O)N1CCN(C(c2ccc(F)cc2)c2ccc(F)cc2)CC1CO. The molecule has 162 valence electrons. The minimum Gasteiger partial charge on any atom is -0.444 e. The predicted molar refractivity (Wildman–Crippen MR) is 110 cm³/mol. The third-order valence-electron chi connectivity index (χ3n) is 5.09. The lowest BCUT2D eigenvalue weighted by atomic mass is 9.95. The van der Waals surface area contributed by atoms with Crippen molar-refractivity contribution in [1.82, 2.24) is 9.80 Å². The minimum atomic E-state index is -0.626. The number of rotatable bonds is 4. The van der Waals surface area contributed by atoms with Crippen molar-refractivity contribution >= 4 is 6.09 Å². The molecular weight excluding hydrogens is 390 g/mol. The second-order valence-electron chi connectivity index (χ2n) is 8.51. The van der Waals surface area contributed by atoms with Gasteiger partial charge in [0, 0.05) is 19.6 Å². The van der Waals surface area contributed by atoms with Crippen molar-refractivity contribution in [2.75, 3.05) is 26.2 Å². The molecule has 0 aliphatic carbocycles. The molecule has 0 aromatic heterocycles. The van der Waals surface area contributed by atoms with Crippen LogP contribution in [-0.4, -0.2) is 58.9 Å². The summed E-state index contributed by atoms with van der Waals surface area (Å²) in [6.45, 7) is 6.48. The van der Waals surface area contributed by atoms with E-state index in [2.05, 4.69) is 4.90 Å². The van der Waals surface area contributed by atoms with Gasteiger partial charge in [0.15, 0.2) is 0 Å². The van der Waals surface area contributed by atoms with Crippen molar-refractivity contribution in [2.24, 2.45) is 0 Å². The molecule has 7 heteroatoms. The summed E-state index contributed by atoms with van der Waals surface area (Å²) in [6, 6.07) is 11.7. The van der Waals surface area contributed by atoms with Crippen LogP contribution >= 0.6 is 0 Å². The molecule has 1 aliphatic rings. The third-order valence-corrected chi connectivity index (χ3v) is 5.09. The maximum absolute atomic E-state index is 13.5. The molecule has 5 nitrogen and oxygen atoms in total. The first-order valence-corrected chi connectivity index (χ1v) is 10.0. The van der Waals surface area contributed by atoms with Gasteiger partial charge in [0.2, 0.25) is 0 Å². The number of nitrogens with zero attached hydrogens (tertiary/aromatic N) is 2. The Morgan fingerprint density at radius 3 is 1.97 bits per heavy atom. The molecule has 2 aromatic carbocycles.